The summed E-state index contributed by atoms with van der Waals surface area (Å²) < 4.78 is 5.54. The van der Waals surface area contributed by atoms with Gasteiger partial charge in [0, 0.05) is 13.0 Å². The van der Waals surface area contributed by atoms with Crippen molar-refractivity contribution in [1.82, 2.24) is 5.32 Å². The Morgan fingerprint density at radius 2 is 1.88 bits per heavy atom. The molecule has 2 rings (SSSR count). The van der Waals surface area contributed by atoms with Crippen molar-refractivity contribution in [2.75, 3.05) is 13.2 Å². The zero-order chi connectivity index (χ0) is 18.8. The molecular weight excluding hydrogens is 330 g/mol. The van der Waals surface area contributed by atoms with Crippen molar-refractivity contribution in [2.24, 2.45) is 5.92 Å². The summed E-state index contributed by atoms with van der Waals surface area (Å²) in [5, 5.41) is 12.1. The van der Waals surface area contributed by atoms with E-state index in [0.29, 0.717) is 25.9 Å². The number of hydrogen-bond acceptors (Lipinski definition) is 3. The van der Waals surface area contributed by atoms with Crippen molar-refractivity contribution in [3.63, 3.8) is 0 Å². The van der Waals surface area contributed by atoms with Gasteiger partial charge in [-0.25, -0.2) is 0 Å². The van der Waals surface area contributed by atoms with Crippen molar-refractivity contribution in [2.45, 2.75) is 26.2 Å². The van der Waals surface area contributed by atoms with Crippen molar-refractivity contribution in [3.05, 3.63) is 65.7 Å². The Kier molecular flexibility index (Phi) is 7.68. The summed E-state index contributed by atoms with van der Waals surface area (Å²) in [6, 6.07) is 17.2. The molecule has 0 spiro atoms. The van der Waals surface area contributed by atoms with Crippen LogP contribution in [0.5, 0.6) is 5.75 Å². The monoisotopic (exact) mass is 355 g/mol. The average molecular weight is 355 g/mol. The molecule has 0 aliphatic rings. The molecule has 0 aliphatic heterocycles. The Morgan fingerprint density at radius 3 is 2.58 bits per heavy atom. The first-order valence-corrected chi connectivity index (χ1v) is 8.77. The van der Waals surface area contributed by atoms with E-state index < -0.39 is 11.9 Å². The number of aryl methyl sites for hydroxylation is 1. The first-order chi connectivity index (χ1) is 12.5. The Labute approximate surface area is 154 Å². The molecule has 0 saturated carbocycles. The van der Waals surface area contributed by atoms with Crippen LogP contribution in [-0.4, -0.2) is 30.1 Å². The molecule has 2 N–H and O–H groups in total. The number of para-hydroxylation sites is 1. The number of amides is 1. The van der Waals surface area contributed by atoms with Gasteiger partial charge < -0.3 is 15.2 Å². The van der Waals surface area contributed by atoms with Crippen LogP contribution in [0.15, 0.2) is 54.6 Å². The van der Waals surface area contributed by atoms with Crippen LogP contribution >= 0.6 is 0 Å². The maximum Gasteiger partial charge on any atom is 0.308 e. The summed E-state index contributed by atoms with van der Waals surface area (Å²) in [5.41, 5.74) is 2.05. The molecule has 1 unspecified atom stereocenters. The minimum Gasteiger partial charge on any atom is -0.494 e. The molecule has 26 heavy (non-hydrogen) atoms. The van der Waals surface area contributed by atoms with Crippen LogP contribution in [-0.2, 0) is 16.0 Å². The van der Waals surface area contributed by atoms with E-state index in [9.17, 15) is 14.7 Å². The molecule has 2 aromatic rings. The molecule has 0 aromatic heterocycles. The third-order valence-electron chi connectivity index (χ3n) is 4.02. The number of carbonyl (C=O) groups excluding carboxylic acids is 1. The normalized spacial score (nSPS) is 11.6. The third kappa shape index (κ3) is 6.97. The minimum atomic E-state index is -0.904. The fourth-order valence-electron chi connectivity index (χ4n) is 2.64. The van der Waals surface area contributed by atoms with E-state index >= 15 is 0 Å². The molecule has 138 valence electrons. The fraction of sp³-hybridized carbons (Fsp3) is 0.333. The zero-order valence-corrected chi connectivity index (χ0v) is 15.0. The Morgan fingerprint density at radius 1 is 1.12 bits per heavy atom. The summed E-state index contributed by atoms with van der Waals surface area (Å²) in [7, 11) is 0. The Bertz CT molecular complexity index is 715. The van der Waals surface area contributed by atoms with Crippen molar-refractivity contribution >= 4 is 11.9 Å². The van der Waals surface area contributed by atoms with Gasteiger partial charge in [0.2, 0.25) is 5.91 Å². The van der Waals surface area contributed by atoms with Gasteiger partial charge in [0.25, 0.3) is 0 Å². The molecule has 5 heteroatoms. The summed E-state index contributed by atoms with van der Waals surface area (Å²) in [4.78, 5) is 23.4. The summed E-state index contributed by atoms with van der Waals surface area (Å²) in [6.45, 7) is 2.54. The van der Waals surface area contributed by atoms with E-state index in [-0.39, 0.29) is 12.5 Å². The second-order valence-electron chi connectivity index (χ2n) is 6.30. The fourth-order valence-corrected chi connectivity index (χ4v) is 2.64. The van der Waals surface area contributed by atoms with Crippen molar-refractivity contribution < 1.29 is 19.4 Å². The van der Waals surface area contributed by atoms with Gasteiger partial charge >= 0.3 is 5.97 Å². The molecule has 1 amide bonds. The number of hydrogen-bond donors (Lipinski definition) is 2. The first-order valence-electron chi connectivity index (χ1n) is 8.77. The molecule has 0 radical (unpaired) electrons. The van der Waals surface area contributed by atoms with Crippen LogP contribution in [0.1, 0.15) is 24.0 Å². The highest BCUT2D eigenvalue weighted by Gasteiger charge is 2.19. The smallest absolute Gasteiger partial charge is 0.308 e. The quantitative estimate of drug-likeness (QED) is 0.642. The highest BCUT2D eigenvalue weighted by Crippen LogP contribution is 2.11. The molecule has 0 bridgehead atoms. The van der Waals surface area contributed by atoms with Crippen LogP contribution < -0.4 is 10.1 Å². The lowest BCUT2D eigenvalue weighted by Crippen LogP contribution is -2.34. The number of ether oxygens (including phenoxy) is 1. The van der Waals surface area contributed by atoms with Gasteiger partial charge in [-0.1, -0.05) is 48.0 Å². The topological polar surface area (TPSA) is 75.6 Å². The second kappa shape index (κ2) is 10.2. The van der Waals surface area contributed by atoms with E-state index in [1.807, 2.05) is 61.5 Å². The average Bonchev–Trinajstić information content (AvgIpc) is 2.63. The number of carboxylic acid groups (broad SMARTS) is 1. The van der Waals surface area contributed by atoms with E-state index in [1.165, 1.54) is 0 Å². The van der Waals surface area contributed by atoms with E-state index in [1.54, 1.807) is 0 Å². The van der Waals surface area contributed by atoms with Gasteiger partial charge in [0.1, 0.15) is 5.75 Å². The molecule has 2 aromatic carbocycles. The maximum absolute atomic E-state index is 11.9. The largest absolute Gasteiger partial charge is 0.494 e. The van der Waals surface area contributed by atoms with Crippen LogP contribution in [0, 0.1) is 12.8 Å². The van der Waals surface area contributed by atoms with E-state index in [2.05, 4.69) is 5.32 Å². The number of rotatable bonds is 10. The van der Waals surface area contributed by atoms with Crippen LogP contribution in [0.25, 0.3) is 0 Å². The zero-order valence-electron chi connectivity index (χ0n) is 15.0. The van der Waals surface area contributed by atoms with E-state index in [4.69, 9.17) is 4.74 Å². The van der Waals surface area contributed by atoms with Gasteiger partial charge in [0.15, 0.2) is 0 Å². The van der Waals surface area contributed by atoms with Crippen LogP contribution in [0.4, 0.5) is 0 Å². The van der Waals surface area contributed by atoms with Gasteiger partial charge in [0.05, 0.1) is 12.5 Å². The molecule has 0 heterocycles. The Hall–Kier alpha value is -2.82. The Balaban J connectivity index is 1.70. The summed E-state index contributed by atoms with van der Waals surface area (Å²) in [6.07, 6.45) is 1.29. The minimum absolute atomic E-state index is 0.127. The molecular formula is C21H25NO4. The standard InChI is InChI=1S/C21H25NO4/c1-16-7-5-8-17(13-16)14-18(21(24)25)15-22-20(23)11-6-12-26-19-9-3-2-4-10-19/h2-5,7-10,13,18H,6,11-12,14-15H2,1H3,(H,22,23)(H,24,25). The molecule has 5 nitrogen and oxygen atoms in total. The molecule has 1 atom stereocenters. The summed E-state index contributed by atoms with van der Waals surface area (Å²) in [5.74, 6) is -0.922. The number of aliphatic carboxylic acids is 1. The van der Waals surface area contributed by atoms with Gasteiger partial charge in [-0.3, -0.25) is 9.59 Å². The molecule has 0 aliphatic carbocycles. The van der Waals surface area contributed by atoms with Crippen LogP contribution in [0.3, 0.4) is 0 Å². The number of carbonyl (C=O) groups is 2. The lowest BCUT2D eigenvalue weighted by molar-refractivity contribution is -0.141. The lowest BCUT2D eigenvalue weighted by atomic mass is 9.98. The van der Waals surface area contributed by atoms with Crippen molar-refractivity contribution in [1.29, 1.82) is 0 Å². The number of carboxylic acids is 1. The van der Waals surface area contributed by atoms with Crippen LogP contribution in [0.2, 0.25) is 0 Å². The highest BCUT2D eigenvalue weighted by molar-refractivity contribution is 5.77. The highest BCUT2D eigenvalue weighted by atomic mass is 16.5. The number of nitrogens with one attached hydrogen (secondary N) is 1. The third-order valence-corrected chi connectivity index (χ3v) is 4.02. The number of benzene rings is 2. The predicted octanol–water partition coefficient (Wildman–Crippen LogP) is 3.21. The lowest BCUT2D eigenvalue weighted by Gasteiger charge is -2.14. The van der Waals surface area contributed by atoms with Crippen molar-refractivity contribution in [3.8, 4) is 5.75 Å². The van der Waals surface area contributed by atoms with Gasteiger partial charge in [-0.15, -0.1) is 0 Å². The SMILES string of the molecule is Cc1cccc(CC(CNC(=O)CCCOc2ccccc2)C(=O)O)c1. The van der Waals surface area contributed by atoms with Gasteiger partial charge in [-0.05, 0) is 37.5 Å². The first kappa shape index (κ1) is 19.5. The maximum atomic E-state index is 11.9. The molecule has 0 fully saturated rings. The second-order valence-corrected chi connectivity index (χ2v) is 6.30. The van der Waals surface area contributed by atoms with E-state index in [0.717, 1.165) is 16.9 Å². The van der Waals surface area contributed by atoms with Gasteiger partial charge in [-0.2, -0.15) is 0 Å². The predicted molar refractivity (Wildman–Crippen MR) is 100 cm³/mol. The molecule has 0 saturated heterocycles. The summed E-state index contributed by atoms with van der Waals surface area (Å²) >= 11 is 0.